The summed E-state index contributed by atoms with van der Waals surface area (Å²) in [5.41, 5.74) is 0.563. The van der Waals surface area contributed by atoms with Crippen molar-refractivity contribution in [2.75, 3.05) is 19.8 Å². The molecule has 0 spiro atoms. The Bertz CT molecular complexity index is 410. The molecule has 1 aliphatic heterocycles. The van der Waals surface area contributed by atoms with Gasteiger partial charge in [0.2, 0.25) is 0 Å². The van der Waals surface area contributed by atoms with Crippen LogP contribution in [0.2, 0.25) is 0 Å². The second-order valence-corrected chi connectivity index (χ2v) is 5.03. The zero-order valence-electron chi connectivity index (χ0n) is 12.1. The van der Waals surface area contributed by atoms with Gasteiger partial charge in [0.1, 0.15) is 5.75 Å². The fourth-order valence-electron chi connectivity index (χ4n) is 2.39. The molecule has 4 heteroatoms. The van der Waals surface area contributed by atoms with E-state index in [1.807, 2.05) is 12.1 Å². The summed E-state index contributed by atoms with van der Waals surface area (Å²) in [6.07, 6.45) is 4.86. The lowest BCUT2D eigenvalue weighted by Gasteiger charge is -2.23. The molecule has 1 aliphatic rings. The van der Waals surface area contributed by atoms with Gasteiger partial charge >= 0.3 is 5.97 Å². The highest BCUT2D eigenvalue weighted by Crippen LogP contribution is 2.15. The third kappa shape index (κ3) is 4.53. The van der Waals surface area contributed by atoms with E-state index in [1.54, 1.807) is 19.1 Å². The van der Waals surface area contributed by atoms with Crippen LogP contribution in [-0.2, 0) is 4.74 Å². The summed E-state index contributed by atoms with van der Waals surface area (Å²) in [5, 5.41) is 3.50. The van der Waals surface area contributed by atoms with Crippen molar-refractivity contribution in [1.82, 2.24) is 5.32 Å². The molecule has 0 radical (unpaired) electrons. The molecule has 2 rings (SSSR count). The van der Waals surface area contributed by atoms with E-state index in [-0.39, 0.29) is 5.97 Å². The van der Waals surface area contributed by atoms with Crippen LogP contribution in [0, 0.1) is 0 Å². The fourth-order valence-corrected chi connectivity index (χ4v) is 2.39. The highest BCUT2D eigenvalue weighted by molar-refractivity contribution is 5.89. The molecule has 1 aromatic rings. The molecule has 1 aromatic carbocycles. The molecule has 0 aliphatic carbocycles. The zero-order chi connectivity index (χ0) is 14.2. The summed E-state index contributed by atoms with van der Waals surface area (Å²) in [6, 6.07) is 7.71. The maximum Gasteiger partial charge on any atom is 0.338 e. The number of hydrogen-bond donors (Lipinski definition) is 1. The van der Waals surface area contributed by atoms with Gasteiger partial charge in [-0.05, 0) is 57.0 Å². The van der Waals surface area contributed by atoms with Gasteiger partial charge in [-0.25, -0.2) is 4.79 Å². The standard InChI is InChI=1S/C16H23NO3/c1-2-19-16(18)13-6-8-15(9-7-13)20-12-10-14-5-3-4-11-17-14/h6-9,14,17H,2-5,10-12H2,1H3/t14-/m0/s1. The third-order valence-electron chi connectivity index (χ3n) is 3.51. The Balaban J connectivity index is 1.74. The van der Waals surface area contributed by atoms with E-state index in [0.29, 0.717) is 24.8 Å². The molecule has 0 bridgehead atoms. The molecule has 0 aromatic heterocycles. The predicted octanol–water partition coefficient (Wildman–Crippen LogP) is 2.77. The predicted molar refractivity (Wildman–Crippen MR) is 78.2 cm³/mol. The summed E-state index contributed by atoms with van der Waals surface area (Å²) < 4.78 is 10.7. The van der Waals surface area contributed by atoms with Gasteiger partial charge in [0, 0.05) is 6.04 Å². The molecule has 0 saturated carbocycles. The molecular weight excluding hydrogens is 254 g/mol. The van der Waals surface area contributed by atoms with Crippen LogP contribution in [0.5, 0.6) is 5.75 Å². The van der Waals surface area contributed by atoms with Crippen molar-refractivity contribution in [3.8, 4) is 5.75 Å². The van der Waals surface area contributed by atoms with Crippen LogP contribution in [0.3, 0.4) is 0 Å². The molecule has 20 heavy (non-hydrogen) atoms. The van der Waals surface area contributed by atoms with Crippen LogP contribution >= 0.6 is 0 Å². The lowest BCUT2D eigenvalue weighted by atomic mass is 10.0. The number of carbonyl (C=O) groups excluding carboxylic acids is 1. The Morgan fingerprint density at radius 2 is 2.10 bits per heavy atom. The van der Waals surface area contributed by atoms with Crippen molar-refractivity contribution in [2.24, 2.45) is 0 Å². The molecule has 1 fully saturated rings. The van der Waals surface area contributed by atoms with Gasteiger partial charge < -0.3 is 14.8 Å². The van der Waals surface area contributed by atoms with Crippen molar-refractivity contribution >= 4 is 5.97 Å². The van der Waals surface area contributed by atoms with Crippen molar-refractivity contribution in [2.45, 2.75) is 38.6 Å². The Labute approximate surface area is 120 Å². The molecule has 4 nitrogen and oxygen atoms in total. The number of benzene rings is 1. The minimum atomic E-state index is -0.287. The van der Waals surface area contributed by atoms with E-state index in [4.69, 9.17) is 9.47 Å². The first-order valence-electron chi connectivity index (χ1n) is 7.43. The average molecular weight is 277 g/mol. The summed E-state index contributed by atoms with van der Waals surface area (Å²) in [5.74, 6) is 0.513. The Hall–Kier alpha value is -1.55. The number of nitrogens with one attached hydrogen (secondary N) is 1. The molecule has 110 valence electrons. The van der Waals surface area contributed by atoms with Crippen molar-refractivity contribution in [1.29, 1.82) is 0 Å². The van der Waals surface area contributed by atoms with Crippen molar-refractivity contribution < 1.29 is 14.3 Å². The molecule has 1 heterocycles. The molecule has 1 saturated heterocycles. The first-order chi connectivity index (χ1) is 9.79. The third-order valence-corrected chi connectivity index (χ3v) is 3.51. The number of piperidine rings is 1. The van der Waals surface area contributed by atoms with E-state index >= 15 is 0 Å². The van der Waals surface area contributed by atoms with E-state index in [2.05, 4.69) is 5.32 Å². The smallest absolute Gasteiger partial charge is 0.338 e. The van der Waals surface area contributed by atoms with Crippen LogP contribution in [0.25, 0.3) is 0 Å². The molecule has 1 N–H and O–H groups in total. The Kier molecular flexibility index (Phi) is 5.87. The number of carbonyl (C=O) groups is 1. The lowest BCUT2D eigenvalue weighted by molar-refractivity contribution is 0.0526. The van der Waals surface area contributed by atoms with Gasteiger partial charge in [0.25, 0.3) is 0 Å². The van der Waals surface area contributed by atoms with Crippen LogP contribution in [0.1, 0.15) is 43.0 Å². The van der Waals surface area contributed by atoms with Gasteiger partial charge in [-0.15, -0.1) is 0 Å². The molecule has 0 amide bonds. The summed E-state index contributed by atoms with van der Waals surface area (Å²) in [7, 11) is 0. The van der Waals surface area contributed by atoms with Gasteiger partial charge in [0.05, 0.1) is 18.8 Å². The normalized spacial score (nSPS) is 18.6. The van der Waals surface area contributed by atoms with Crippen LogP contribution < -0.4 is 10.1 Å². The number of esters is 1. The van der Waals surface area contributed by atoms with Crippen LogP contribution in [0.4, 0.5) is 0 Å². The first-order valence-corrected chi connectivity index (χ1v) is 7.43. The highest BCUT2D eigenvalue weighted by Gasteiger charge is 2.12. The first kappa shape index (κ1) is 14.9. The Morgan fingerprint density at radius 3 is 2.75 bits per heavy atom. The molecule has 0 unspecified atom stereocenters. The second-order valence-electron chi connectivity index (χ2n) is 5.03. The fraction of sp³-hybridized carbons (Fsp3) is 0.562. The monoisotopic (exact) mass is 277 g/mol. The number of rotatable bonds is 6. The second kappa shape index (κ2) is 7.90. The van der Waals surface area contributed by atoms with Crippen LogP contribution in [0.15, 0.2) is 24.3 Å². The van der Waals surface area contributed by atoms with Gasteiger partial charge in [0.15, 0.2) is 0 Å². The lowest BCUT2D eigenvalue weighted by Crippen LogP contribution is -2.35. The van der Waals surface area contributed by atoms with E-state index < -0.39 is 0 Å². The SMILES string of the molecule is CCOC(=O)c1ccc(OCC[C@@H]2CCCCN2)cc1. The van der Waals surface area contributed by atoms with E-state index in [0.717, 1.165) is 18.7 Å². The summed E-state index contributed by atoms with van der Waals surface area (Å²) in [4.78, 5) is 11.5. The number of ether oxygens (including phenoxy) is 2. The quantitative estimate of drug-likeness (QED) is 0.812. The minimum Gasteiger partial charge on any atom is -0.494 e. The zero-order valence-corrected chi connectivity index (χ0v) is 12.1. The number of hydrogen-bond acceptors (Lipinski definition) is 4. The molecule has 1 atom stereocenters. The molecular formula is C16H23NO3. The summed E-state index contributed by atoms with van der Waals surface area (Å²) in [6.45, 7) is 4.02. The van der Waals surface area contributed by atoms with Gasteiger partial charge in [-0.3, -0.25) is 0 Å². The van der Waals surface area contributed by atoms with Gasteiger partial charge in [-0.2, -0.15) is 0 Å². The topological polar surface area (TPSA) is 47.6 Å². The Morgan fingerprint density at radius 1 is 1.30 bits per heavy atom. The van der Waals surface area contributed by atoms with Gasteiger partial charge in [-0.1, -0.05) is 6.42 Å². The van der Waals surface area contributed by atoms with E-state index in [9.17, 15) is 4.79 Å². The summed E-state index contributed by atoms with van der Waals surface area (Å²) >= 11 is 0. The van der Waals surface area contributed by atoms with E-state index in [1.165, 1.54) is 19.3 Å². The minimum absolute atomic E-state index is 0.287. The highest BCUT2D eigenvalue weighted by atomic mass is 16.5. The van der Waals surface area contributed by atoms with Crippen molar-refractivity contribution in [3.05, 3.63) is 29.8 Å². The maximum absolute atomic E-state index is 11.5. The van der Waals surface area contributed by atoms with Crippen LogP contribution in [-0.4, -0.2) is 31.8 Å². The largest absolute Gasteiger partial charge is 0.494 e. The average Bonchev–Trinajstić information content (AvgIpc) is 2.49. The van der Waals surface area contributed by atoms with Crippen molar-refractivity contribution in [3.63, 3.8) is 0 Å². The maximum atomic E-state index is 11.5.